The zero-order valence-electron chi connectivity index (χ0n) is 14.3. The first kappa shape index (κ1) is 21.8. The Kier molecular flexibility index (Phi) is 8.82. The molecule has 0 bridgehead atoms. The topological polar surface area (TPSA) is 54.5 Å². The molecule has 140 valence electrons. The van der Waals surface area contributed by atoms with Crippen LogP contribution in [0.2, 0.25) is 0 Å². The van der Waals surface area contributed by atoms with Crippen molar-refractivity contribution in [1.82, 2.24) is 4.31 Å². The van der Waals surface area contributed by atoms with E-state index >= 15 is 0 Å². The molecule has 0 spiro atoms. The first-order valence-electron chi connectivity index (χ1n) is 7.79. The third-order valence-corrected chi connectivity index (χ3v) is 22.6. The highest BCUT2D eigenvalue weighted by molar-refractivity contribution is 9.23. The lowest BCUT2D eigenvalue weighted by molar-refractivity contribution is -0.128. The van der Waals surface area contributed by atoms with Gasteiger partial charge in [0.05, 0.1) is 5.92 Å². The van der Waals surface area contributed by atoms with Crippen molar-refractivity contribution in [2.24, 2.45) is 5.92 Å². The van der Waals surface area contributed by atoms with Crippen molar-refractivity contribution in [1.29, 1.82) is 0 Å². The van der Waals surface area contributed by atoms with Gasteiger partial charge in [-0.2, -0.15) is 0 Å². The van der Waals surface area contributed by atoms with Crippen LogP contribution < -0.4 is 0 Å². The lowest BCUT2D eigenvalue weighted by Crippen LogP contribution is -2.29. The molecule has 1 amide bonds. The molecule has 2 rings (SSSR count). The number of rotatable bonds is 9. The molecule has 1 saturated heterocycles. The van der Waals surface area contributed by atoms with E-state index in [0.29, 0.717) is 19.4 Å². The van der Waals surface area contributed by atoms with Crippen LogP contribution in [0.15, 0.2) is 30.3 Å². The highest BCUT2D eigenvalue weighted by Gasteiger charge is 2.55. The number of hydrogen-bond acceptors (Lipinski definition) is 7. The lowest BCUT2D eigenvalue weighted by Gasteiger charge is -2.22. The third-order valence-electron chi connectivity index (χ3n) is 3.89. The molecule has 0 saturated carbocycles. The van der Waals surface area contributed by atoms with Gasteiger partial charge in [0.1, 0.15) is 16.0 Å². The van der Waals surface area contributed by atoms with Crippen molar-refractivity contribution in [3.8, 4) is 0 Å². The fourth-order valence-corrected chi connectivity index (χ4v) is 24.2. The number of nitrogens with zero attached hydrogens (tertiary/aromatic N) is 1. The number of amides is 1. The van der Waals surface area contributed by atoms with Crippen LogP contribution in [0.5, 0.6) is 0 Å². The van der Waals surface area contributed by atoms with Crippen LogP contribution in [-0.2, 0) is 26.8 Å². The maximum absolute atomic E-state index is 13.5. The van der Waals surface area contributed by atoms with Crippen LogP contribution in [0.1, 0.15) is 18.9 Å². The zero-order valence-corrected chi connectivity index (χ0v) is 19.3. The Balaban J connectivity index is 2.22. The van der Waals surface area contributed by atoms with Crippen LogP contribution in [0.3, 0.4) is 0 Å². The Morgan fingerprint density at radius 2 is 1.76 bits per heavy atom. The molecule has 1 fully saturated rings. The quantitative estimate of drug-likeness (QED) is 0.370. The molecule has 25 heavy (non-hydrogen) atoms. The molecule has 1 aromatic rings. The van der Waals surface area contributed by atoms with Gasteiger partial charge >= 0.3 is 0 Å². The molecule has 1 aliphatic rings. The molecule has 4 nitrogen and oxygen atoms in total. The van der Waals surface area contributed by atoms with Gasteiger partial charge in [0.15, 0.2) is 0 Å². The molecule has 0 aromatic heterocycles. The van der Waals surface area contributed by atoms with E-state index in [9.17, 15) is 13.6 Å². The largest absolute Gasteiger partial charge is 0.297 e. The first-order valence-corrected chi connectivity index (χ1v) is 17.1. The summed E-state index contributed by atoms with van der Waals surface area (Å²) in [7, 11) is 3.85. The SMILES string of the molecule is CCC1C(=O)N(CCc2ccccc2)S(=O)C1P(=O)(SSC)SSC. The summed E-state index contributed by atoms with van der Waals surface area (Å²) >= 11 is 0. The Hall–Kier alpha value is 0.470. The molecule has 3 unspecified atom stereocenters. The Morgan fingerprint density at radius 3 is 2.28 bits per heavy atom. The fraction of sp³-hybridized carbons (Fsp3) is 0.533. The minimum Gasteiger partial charge on any atom is -0.297 e. The summed E-state index contributed by atoms with van der Waals surface area (Å²) < 4.78 is 28.0. The summed E-state index contributed by atoms with van der Waals surface area (Å²) in [5, 5.41) is 0. The molecular weight excluding hydrogens is 433 g/mol. The lowest BCUT2D eigenvalue weighted by atomic mass is 10.1. The molecular formula is C15H22NO3PS5. The van der Waals surface area contributed by atoms with Crippen molar-refractivity contribution in [2.75, 3.05) is 19.1 Å². The minimum absolute atomic E-state index is 0.120. The van der Waals surface area contributed by atoms with E-state index in [1.165, 1.54) is 46.7 Å². The van der Waals surface area contributed by atoms with E-state index in [1.54, 1.807) is 0 Å². The Morgan fingerprint density at radius 1 is 1.16 bits per heavy atom. The second-order valence-electron chi connectivity index (χ2n) is 5.38. The standard InChI is InChI=1S/C15H22NO3PS5/c1-4-13-14(17)16(11-10-12-8-6-5-7-9-12)25(19)15(13)20(18,23-21-2)24-22-3/h5-9,13,15H,4,10-11H2,1-3H3. The van der Waals surface area contributed by atoms with Gasteiger partial charge in [0.2, 0.25) is 11.5 Å². The van der Waals surface area contributed by atoms with Gasteiger partial charge < -0.3 is 0 Å². The van der Waals surface area contributed by atoms with E-state index in [2.05, 4.69) is 0 Å². The van der Waals surface area contributed by atoms with E-state index in [4.69, 9.17) is 0 Å². The summed E-state index contributed by atoms with van der Waals surface area (Å²) in [6.45, 7) is 2.31. The van der Waals surface area contributed by atoms with Gasteiger partial charge in [-0.15, -0.1) is 0 Å². The zero-order chi connectivity index (χ0) is 18.4. The summed E-state index contributed by atoms with van der Waals surface area (Å²) in [5.41, 5.74) is -1.77. The number of benzene rings is 1. The van der Waals surface area contributed by atoms with Crippen molar-refractivity contribution in [3.05, 3.63) is 35.9 Å². The van der Waals surface area contributed by atoms with E-state index < -0.39 is 27.4 Å². The Bertz CT molecular complexity index is 650. The van der Waals surface area contributed by atoms with Gasteiger partial charge in [-0.05, 0) is 51.7 Å². The minimum atomic E-state index is -2.87. The Labute approximate surface area is 167 Å². The van der Waals surface area contributed by atoms with Crippen LogP contribution in [-0.4, -0.2) is 38.5 Å². The molecule has 0 radical (unpaired) electrons. The van der Waals surface area contributed by atoms with Crippen LogP contribution in [0.25, 0.3) is 0 Å². The smallest absolute Gasteiger partial charge is 0.239 e. The predicted molar refractivity (Wildman–Crippen MR) is 117 cm³/mol. The van der Waals surface area contributed by atoms with Gasteiger partial charge in [0, 0.05) is 6.54 Å². The third kappa shape index (κ3) is 5.05. The van der Waals surface area contributed by atoms with Crippen LogP contribution >= 0.6 is 48.0 Å². The molecule has 1 aromatic carbocycles. The second kappa shape index (κ2) is 10.1. The highest BCUT2D eigenvalue weighted by atomic mass is 33.6. The van der Waals surface area contributed by atoms with E-state index in [-0.39, 0.29) is 5.91 Å². The molecule has 0 aliphatic carbocycles. The molecule has 1 heterocycles. The molecule has 10 heteroatoms. The predicted octanol–water partition coefficient (Wildman–Crippen LogP) is 5.30. The van der Waals surface area contributed by atoms with E-state index in [1.807, 2.05) is 49.8 Å². The summed E-state index contributed by atoms with van der Waals surface area (Å²) in [6.07, 6.45) is 4.94. The van der Waals surface area contributed by atoms with Crippen molar-refractivity contribution < 1.29 is 13.6 Å². The number of carbonyl (C=O) groups excluding carboxylic acids is 1. The average Bonchev–Trinajstić information content (AvgIpc) is 2.85. The second-order valence-corrected chi connectivity index (χ2v) is 19.4. The van der Waals surface area contributed by atoms with Crippen molar-refractivity contribution >= 4 is 64.9 Å². The van der Waals surface area contributed by atoms with E-state index in [0.717, 1.165) is 5.56 Å². The highest BCUT2D eigenvalue weighted by Crippen LogP contribution is 2.80. The van der Waals surface area contributed by atoms with Crippen LogP contribution in [0.4, 0.5) is 0 Å². The number of hydrogen-bond donors (Lipinski definition) is 0. The summed E-state index contributed by atoms with van der Waals surface area (Å²) in [6, 6.07) is 9.84. The maximum Gasteiger partial charge on any atom is 0.239 e. The van der Waals surface area contributed by atoms with Crippen LogP contribution in [0, 0.1) is 5.92 Å². The molecule has 0 N–H and O–H groups in total. The summed E-state index contributed by atoms with van der Waals surface area (Å²) in [5.74, 6) is -0.549. The average molecular weight is 456 g/mol. The molecule has 1 aliphatic heterocycles. The summed E-state index contributed by atoms with van der Waals surface area (Å²) in [4.78, 5) is 12.2. The first-order chi connectivity index (χ1) is 12.0. The van der Waals surface area contributed by atoms with Crippen molar-refractivity contribution in [3.63, 3.8) is 0 Å². The van der Waals surface area contributed by atoms with Crippen molar-refractivity contribution in [2.45, 2.75) is 24.8 Å². The maximum atomic E-state index is 13.5. The monoisotopic (exact) mass is 455 g/mol. The number of carbonyl (C=O) groups is 1. The normalized spacial score (nSPS) is 24.0. The molecule has 3 atom stereocenters. The van der Waals surface area contributed by atoms with Gasteiger partial charge in [-0.3, -0.25) is 13.7 Å². The van der Waals surface area contributed by atoms with Gasteiger partial charge in [-0.1, -0.05) is 58.8 Å². The van der Waals surface area contributed by atoms with Gasteiger partial charge in [0.25, 0.3) is 0 Å². The van der Waals surface area contributed by atoms with Gasteiger partial charge in [-0.25, -0.2) is 4.21 Å². The fourth-order valence-electron chi connectivity index (χ4n) is 2.75.